The molecule has 0 spiro atoms. The molecule has 0 aromatic heterocycles. The largest absolute Gasteiger partial charge is 0.493 e. The molecule has 158 valence electrons. The van der Waals surface area contributed by atoms with Crippen LogP contribution in [-0.2, 0) is 9.59 Å². The predicted molar refractivity (Wildman–Crippen MR) is 119 cm³/mol. The van der Waals surface area contributed by atoms with Crippen molar-refractivity contribution < 1.29 is 24.2 Å². The molecule has 2 aromatic rings. The van der Waals surface area contributed by atoms with Crippen molar-refractivity contribution >= 4 is 45.7 Å². The Bertz CT molecular complexity index is 969. The van der Waals surface area contributed by atoms with Crippen molar-refractivity contribution in [3.05, 3.63) is 46.9 Å². The lowest BCUT2D eigenvalue weighted by molar-refractivity contribution is -0.137. The fraction of sp³-hybridized carbons (Fsp3) is 0.348. The first-order chi connectivity index (χ1) is 14.5. The van der Waals surface area contributed by atoms with Gasteiger partial charge in [0, 0.05) is 11.8 Å². The Labute approximate surface area is 179 Å². The third-order valence-corrected chi connectivity index (χ3v) is 5.70. The predicted octanol–water partition coefficient (Wildman–Crippen LogP) is 5.36. The quantitative estimate of drug-likeness (QED) is 0.371. The van der Waals surface area contributed by atoms with E-state index in [1.165, 1.54) is 0 Å². The smallest absolute Gasteiger partial charge is 0.303 e. The molecule has 7 heteroatoms. The van der Waals surface area contributed by atoms with Crippen LogP contribution in [0.25, 0.3) is 16.8 Å². The monoisotopic (exact) mass is 427 g/mol. The second kappa shape index (κ2) is 10.8. The molecule has 2 aromatic carbocycles. The second-order valence-electron chi connectivity index (χ2n) is 7.16. The maximum atomic E-state index is 11.8. The summed E-state index contributed by atoms with van der Waals surface area (Å²) in [6.45, 7) is 0.617. The number of rotatable bonds is 11. The van der Waals surface area contributed by atoms with E-state index in [4.69, 9.17) is 9.84 Å². The van der Waals surface area contributed by atoms with Gasteiger partial charge in [0.05, 0.1) is 11.5 Å². The van der Waals surface area contributed by atoms with E-state index in [1.54, 1.807) is 6.08 Å². The van der Waals surface area contributed by atoms with Crippen LogP contribution in [0, 0.1) is 0 Å². The van der Waals surface area contributed by atoms with Crippen LogP contribution >= 0.6 is 11.8 Å². The molecule has 0 atom stereocenters. The van der Waals surface area contributed by atoms with Gasteiger partial charge in [0.15, 0.2) is 0 Å². The van der Waals surface area contributed by atoms with Crippen LogP contribution < -0.4 is 10.1 Å². The summed E-state index contributed by atoms with van der Waals surface area (Å²) in [5.74, 6) is -0.289. The van der Waals surface area contributed by atoms with Gasteiger partial charge in [0.2, 0.25) is 0 Å². The van der Waals surface area contributed by atoms with Gasteiger partial charge in [-0.3, -0.25) is 19.7 Å². The van der Waals surface area contributed by atoms with Crippen LogP contribution in [0.15, 0.2) is 41.3 Å². The molecule has 2 N–H and O–H groups in total. The number of carboxylic acid groups (broad SMARTS) is 1. The molecular formula is C23H25NO5S. The van der Waals surface area contributed by atoms with Crippen molar-refractivity contribution in [3.63, 3.8) is 0 Å². The van der Waals surface area contributed by atoms with Gasteiger partial charge >= 0.3 is 5.97 Å². The topological polar surface area (TPSA) is 92.7 Å². The molecule has 1 fully saturated rings. The maximum absolute atomic E-state index is 11.8. The van der Waals surface area contributed by atoms with Gasteiger partial charge in [-0.25, -0.2) is 0 Å². The van der Waals surface area contributed by atoms with Crippen LogP contribution in [0.1, 0.15) is 50.5 Å². The second-order valence-corrected chi connectivity index (χ2v) is 8.18. The number of benzene rings is 2. The van der Waals surface area contributed by atoms with E-state index >= 15 is 0 Å². The van der Waals surface area contributed by atoms with Crippen LogP contribution in [0.3, 0.4) is 0 Å². The molecule has 1 heterocycles. The zero-order valence-electron chi connectivity index (χ0n) is 16.7. The Balaban J connectivity index is 1.55. The van der Waals surface area contributed by atoms with E-state index in [0.29, 0.717) is 11.5 Å². The number of hydrogen-bond acceptors (Lipinski definition) is 5. The van der Waals surface area contributed by atoms with Crippen LogP contribution in [-0.4, -0.2) is 28.8 Å². The molecule has 0 radical (unpaired) electrons. The minimum absolute atomic E-state index is 0.253. The summed E-state index contributed by atoms with van der Waals surface area (Å²) in [5.41, 5.74) is 0.867. The lowest BCUT2D eigenvalue weighted by Crippen LogP contribution is -2.17. The molecule has 30 heavy (non-hydrogen) atoms. The van der Waals surface area contributed by atoms with Crippen molar-refractivity contribution in [2.45, 2.75) is 44.9 Å². The molecule has 1 saturated heterocycles. The van der Waals surface area contributed by atoms with Gasteiger partial charge < -0.3 is 9.84 Å². The number of fused-ring (bicyclic) bond motifs is 1. The summed E-state index contributed by atoms with van der Waals surface area (Å²) in [6, 6.07) is 11.7. The van der Waals surface area contributed by atoms with Gasteiger partial charge in [-0.15, -0.1) is 0 Å². The van der Waals surface area contributed by atoms with Crippen molar-refractivity contribution in [1.82, 2.24) is 5.32 Å². The molecule has 0 bridgehead atoms. The molecule has 1 aliphatic rings. The normalized spacial score (nSPS) is 15.0. The first-order valence-electron chi connectivity index (χ1n) is 10.2. The number of carbonyl (C=O) groups excluding carboxylic acids is 2. The lowest BCUT2D eigenvalue weighted by Gasteiger charge is -2.11. The Hall–Kier alpha value is -2.80. The van der Waals surface area contributed by atoms with E-state index < -0.39 is 5.97 Å². The number of hydrogen-bond donors (Lipinski definition) is 2. The maximum Gasteiger partial charge on any atom is 0.303 e. The molecule has 0 aliphatic carbocycles. The average Bonchev–Trinajstić information content (AvgIpc) is 3.04. The molecule has 0 saturated carbocycles. The number of nitrogens with one attached hydrogen (secondary N) is 1. The number of aliphatic carboxylic acids is 1. The Kier molecular flexibility index (Phi) is 7.90. The minimum Gasteiger partial charge on any atom is -0.493 e. The number of ether oxygens (including phenoxy) is 1. The number of unbranched alkanes of at least 4 members (excludes halogenated alkanes) is 5. The SMILES string of the molecule is O=C(O)CCCCCCCCOc1ccc(/C=C2\SC(=O)NC2=O)c2ccccc12. The summed E-state index contributed by atoms with van der Waals surface area (Å²) in [6.07, 6.45) is 7.81. The first-order valence-corrected chi connectivity index (χ1v) is 11.0. The van der Waals surface area contributed by atoms with Crippen molar-refractivity contribution in [2.24, 2.45) is 0 Å². The third kappa shape index (κ3) is 6.10. The highest BCUT2D eigenvalue weighted by Gasteiger charge is 2.25. The first kappa shape index (κ1) is 21.9. The summed E-state index contributed by atoms with van der Waals surface area (Å²) >= 11 is 0.910. The van der Waals surface area contributed by atoms with Crippen molar-refractivity contribution in [2.75, 3.05) is 6.61 Å². The summed E-state index contributed by atoms with van der Waals surface area (Å²) in [4.78, 5) is 34.1. The molecule has 6 nitrogen and oxygen atoms in total. The zero-order chi connectivity index (χ0) is 21.3. The zero-order valence-corrected chi connectivity index (χ0v) is 17.5. The highest BCUT2D eigenvalue weighted by atomic mass is 32.2. The number of imide groups is 1. The number of carboxylic acids is 1. The van der Waals surface area contributed by atoms with Crippen molar-refractivity contribution in [3.8, 4) is 5.75 Å². The fourth-order valence-corrected chi connectivity index (χ4v) is 4.05. The van der Waals surface area contributed by atoms with E-state index in [0.717, 1.165) is 72.4 Å². The fourth-order valence-electron chi connectivity index (χ4n) is 3.38. The van der Waals surface area contributed by atoms with Gasteiger partial charge in [-0.2, -0.15) is 0 Å². The molecule has 0 unspecified atom stereocenters. The van der Waals surface area contributed by atoms with Crippen LogP contribution in [0.2, 0.25) is 0 Å². The van der Waals surface area contributed by atoms with E-state index in [9.17, 15) is 14.4 Å². The van der Waals surface area contributed by atoms with Crippen LogP contribution in [0.4, 0.5) is 4.79 Å². The Morgan fingerprint density at radius 1 is 0.967 bits per heavy atom. The molecule has 2 amide bonds. The standard InChI is InChI=1S/C23H25NO5S/c25-21(26)11-5-3-1-2-4-8-14-29-19-13-12-16(17-9-6-7-10-18(17)19)15-20-22(27)24-23(28)30-20/h6-7,9-10,12-13,15H,1-5,8,11,14H2,(H,25,26)(H,24,27,28)/b20-15-. The number of carbonyl (C=O) groups is 3. The summed E-state index contributed by atoms with van der Waals surface area (Å²) in [7, 11) is 0. The van der Waals surface area contributed by atoms with E-state index in [2.05, 4.69) is 5.32 Å². The number of amides is 2. The third-order valence-electron chi connectivity index (χ3n) is 4.89. The molecule has 1 aliphatic heterocycles. The molecular weight excluding hydrogens is 402 g/mol. The van der Waals surface area contributed by atoms with Crippen molar-refractivity contribution in [1.29, 1.82) is 0 Å². The van der Waals surface area contributed by atoms with Gasteiger partial charge in [0.25, 0.3) is 11.1 Å². The van der Waals surface area contributed by atoms with Gasteiger partial charge in [0.1, 0.15) is 5.75 Å². The van der Waals surface area contributed by atoms with Crippen LogP contribution in [0.5, 0.6) is 5.75 Å². The van der Waals surface area contributed by atoms with Gasteiger partial charge in [-0.1, -0.05) is 56.0 Å². The van der Waals surface area contributed by atoms with Gasteiger partial charge in [-0.05, 0) is 47.7 Å². The molecule has 3 rings (SSSR count). The Morgan fingerprint density at radius 2 is 1.67 bits per heavy atom. The average molecular weight is 428 g/mol. The Morgan fingerprint density at radius 3 is 2.37 bits per heavy atom. The minimum atomic E-state index is -0.725. The summed E-state index contributed by atoms with van der Waals surface area (Å²) in [5, 5.41) is 12.5. The highest BCUT2D eigenvalue weighted by Crippen LogP contribution is 2.32. The summed E-state index contributed by atoms with van der Waals surface area (Å²) < 4.78 is 6.00. The van der Waals surface area contributed by atoms with E-state index in [1.807, 2.05) is 36.4 Å². The lowest BCUT2D eigenvalue weighted by atomic mass is 10.0. The number of thioether (sulfide) groups is 1. The van der Waals surface area contributed by atoms with E-state index in [-0.39, 0.29) is 17.6 Å². The highest BCUT2D eigenvalue weighted by molar-refractivity contribution is 8.18.